The molecule has 0 unspecified atom stereocenters. The van der Waals surface area contributed by atoms with E-state index in [2.05, 4.69) is 4.98 Å². The maximum Gasteiger partial charge on any atom is 0.267 e. The number of nitrogens with zero attached hydrogens (tertiary/aromatic N) is 2. The van der Waals surface area contributed by atoms with Gasteiger partial charge in [0.15, 0.2) is 11.4 Å². The van der Waals surface area contributed by atoms with Crippen LogP contribution in [0, 0.1) is 6.92 Å². The van der Waals surface area contributed by atoms with Gasteiger partial charge in [0.25, 0.3) is 5.91 Å². The number of aryl methyl sites for hydroxylation is 1. The molecule has 1 amide bonds. The summed E-state index contributed by atoms with van der Waals surface area (Å²) in [5, 5.41) is 0. The maximum atomic E-state index is 11.4. The molecule has 19 heavy (non-hydrogen) atoms. The van der Waals surface area contributed by atoms with Crippen molar-refractivity contribution in [2.24, 2.45) is 5.73 Å². The summed E-state index contributed by atoms with van der Waals surface area (Å²) < 4.78 is 7.33. The Morgan fingerprint density at radius 2 is 2.26 bits per heavy atom. The van der Waals surface area contributed by atoms with Gasteiger partial charge in [0.2, 0.25) is 0 Å². The Morgan fingerprint density at radius 3 is 2.89 bits per heavy atom. The van der Waals surface area contributed by atoms with Crippen molar-refractivity contribution in [3.63, 3.8) is 0 Å². The molecule has 100 valence electrons. The van der Waals surface area contributed by atoms with Crippen molar-refractivity contribution in [3.05, 3.63) is 41.4 Å². The number of fused-ring (bicyclic) bond motifs is 1. The molecule has 5 nitrogen and oxygen atoms in total. The lowest BCUT2D eigenvalue weighted by Gasteiger charge is -2.05. The van der Waals surface area contributed by atoms with E-state index in [1.807, 2.05) is 26.0 Å². The zero-order chi connectivity index (χ0) is 14.0. The first kappa shape index (κ1) is 13.1. The van der Waals surface area contributed by atoms with Crippen LogP contribution in [-0.4, -0.2) is 21.9 Å². The number of imidazole rings is 1. The third-order valence-electron chi connectivity index (χ3n) is 2.75. The Morgan fingerprint density at radius 1 is 1.53 bits per heavy atom. The molecule has 2 aromatic heterocycles. The molecule has 2 aromatic rings. The Hall–Kier alpha value is -2.30. The van der Waals surface area contributed by atoms with Crippen molar-refractivity contribution in [2.45, 2.75) is 20.8 Å². The van der Waals surface area contributed by atoms with Crippen LogP contribution in [0.15, 0.2) is 30.0 Å². The molecular weight excluding hydrogens is 242 g/mol. The molecule has 0 saturated heterocycles. The van der Waals surface area contributed by atoms with E-state index in [9.17, 15) is 4.79 Å². The monoisotopic (exact) mass is 259 g/mol. The van der Waals surface area contributed by atoms with Gasteiger partial charge in [-0.05, 0) is 39.0 Å². The third-order valence-corrected chi connectivity index (χ3v) is 2.75. The number of allylic oxidation sites excluding steroid dienone is 1. The second-order valence-corrected chi connectivity index (χ2v) is 4.57. The number of carbonyl (C=O) groups is 1. The number of primary amides is 1. The first-order chi connectivity index (χ1) is 9.00. The number of rotatable bonds is 4. The number of nitrogens with two attached hydrogens (primary N) is 1. The molecular formula is C14H17N3O2. The average Bonchev–Trinajstić information content (AvgIpc) is 2.65. The molecule has 0 bridgehead atoms. The molecule has 0 spiro atoms. The van der Waals surface area contributed by atoms with Crippen LogP contribution in [-0.2, 0) is 0 Å². The smallest absolute Gasteiger partial charge is 0.267 e. The molecule has 0 fully saturated rings. The van der Waals surface area contributed by atoms with Crippen LogP contribution in [0.3, 0.4) is 0 Å². The van der Waals surface area contributed by atoms with Crippen LogP contribution in [0.25, 0.3) is 5.65 Å². The highest BCUT2D eigenvalue weighted by molar-refractivity contribution is 5.93. The summed E-state index contributed by atoms with van der Waals surface area (Å²) >= 11 is 0. The minimum Gasteiger partial charge on any atom is -0.486 e. The van der Waals surface area contributed by atoms with E-state index >= 15 is 0 Å². The first-order valence-electron chi connectivity index (χ1n) is 6.04. The highest BCUT2D eigenvalue weighted by Gasteiger charge is 2.15. The standard InChI is InChI=1S/C14H17N3O2/c1-9(2)6-8-19-11-5-4-7-17-12(13(15)18)10(3)16-14(11)17/h4-7H,8H2,1-3H3,(H2,15,18). The number of aromatic nitrogens is 2. The van der Waals surface area contributed by atoms with Crippen molar-refractivity contribution in [2.75, 3.05) is 6.61 Å². The van der Waals surface area contributed by atoms with Crippen LogP contribution in [0.4, 0.5) is 0 Å². The van der Waals surface area contributed by atoms with Crippen molar-refractivity contribution in [1.29, 1.82) is 0 Å². The molecule has 0 aliphatic rings. The van der Waals surface area contributed by atoms with Crippen LogP contribution >= 0.6 is 0 Å². The van der Waals surface area contributed by atoms with Crippen molar-refractivity contribution in [1.82, 2.24) is 9.38 Å². The summed E-state index contributed by atoms with van der Waals surface area (Å²) in [6.07, 6.45) is 3.73. The van der Waals surface area contributed by atoms with Crippen molar-refractivity contribution < 1.29 is 9.53 Å². The van der Waals surface area contributed by atoms with E-state index in [1.165, 1.54) is 5.57 Å². The highest BCUT2D eigenvalue weighted by atomic mass is 16.5. The molecule has 2 heterocycles. The lowest BCUT2D eigenvalue weighted by molar-refractivity contribution is 0.0994. The van der Waals surface area contributed by atoms with E-state index in [4.69, 9.17) is 10.5 Å². The molecule has 0 aliphatic carbocycles. The zero-order valence-corrected chi connectivity index (χ0v) is 11.3. The predicted octanol–water partition coefficient (Wildman–Crippen LogP) is 2.09. The van der Waals surface area contributed by atoms with E-state index < -0.39 is 5.91 Å². The number of carbonyl (C=O) groups excluding carboxylic acids is 1. The van der Waals surface area contributed by atoms with E-state index in [-0.39, 0.29) is 0 Å². The normalized spacial score (nSPS) is 10.5. The van der Waals surface area contributed by atoms with Gasteiger partial charge in [-0.25, -0.2) is 4.98 Å². The minimum atomic E-state index is -0.494. The van der Waals surface area contributed by atoms with E-state index in [1.54, 1.807) is 23.6 Å². The van der Waals surface area contributed by atoms with E-state index in [0.717, 1.165) is 0 Å². The van der Waals surface area contributed by atoms with Gasteiger partial charge in [-0.15, -0.1) is 0 Å². The predicted molar refractivity (Wildman–Crippen MR) is 73.4 cm³/mol. The fourth-order valence-electron chi connectivity index (χ4n) is 1.86. The second kappa shape index (κ2) is 5.14. The summed E-state index contributed by atoms with van der Waals surface area (Å²) in [6, 6.07) is 3.63. The number of hydrogen-bond acceptors (Lipinski definition) is 3. The minimum absolute atomic E-state index is 0.391. The lowest BCUT2D eigenvalue weighted by atomic mass is 10.3. The van der Waals surface area contributed by atoms with Gasteiger partial charge < -0.3 is 10.5 Å². The summed E-state index contributed by atoms with van der Waals surface area (Å²) in [5.74, 6) is 0.141. The molecule has 0 aliphatic heterocycles. The topological polar surface area (TPSA) is 69.6 Å². The van der Waals surface area contributed by atoms with Gasteiger partial charge in [0.05, 0.1) is 5.69 Å². The maximum absolute atomic E-state index is 11.4. The summed E-state index contributed by atoms with van der Waals surface area (Å²) in [6.45, 7) is 6.25. The molecule has 0 aromatic carbocycles. The highest BCUT2D eigenvalue weighted by Crippen LogP contribution is 2.21. The lowest BCUT2D eigenvalue weighted by Crippen LogP contribution is -2.15. The number of ether oxygens (including phenoxy) is 1. The Kier molecular flexibility index (Phi) is 3.55. The SMILES string of the molecule is CC(C)=CCOc1cccn2c(C(N)=O)c(C)nc12. The van der Waals surface area contributed by atoms with Crippen LogP contribution in [0.2, 0.25) is 0 Å². The quantitative estimate of drug-likeness (QED) is 0.855. The molecule has 2 N–H and O–H groups in total. The fraction of sp³-hybridized carbons (Fsp3) is 0.286. The number of pyridine rings is 1. The van der Waals surface area contributed by atoms with Gasteiger partial charge in [-0.2, -0.15) is 0 Å². The zero-order valence-electron chi connectivity index (χ0n) is 11.3. The molecule has 2 rings (SSSR count). The van der Waals surface area contributed by atoms with Crippen molar-refractivity contribution >= 4 is 11.6 Å². The Bertz CT molecular complexity index is 652. The van der Waals surface area contributed by atoms with E-state index in [0.29, 0.717) is 29.4 Å². The van der Waals surface area contributed by atoms with Gasteiger partial charge >= 0.3 is 0 Å². The summed E-state index contributed by atoms with van der Waals surface area (Å²) in [7, 11) is 0. The van der Waals surface area contributed by atoms with Gasteiger partial charge in [0, 0.05) is 6.20 Å². The summed E-state index contributed by atoms with van der Waals surface area (Å²) in [5.41, 5.74) is 8.15. The largest absolute Gasteiger partial charge is 0.486 e. The molecule has 5 heteroatoms. The van der Waals surface area contributed by atoms with Gasteiger partial charge in [-0.3, -0.25) is 9.20 Å². The third kappa shape index (κ3) is 2.59. The van der Waals surface area contributed by atoms with Gasteiger partial charge in [0.1, 0.15) is 12.3 Å². The Labute approximate surface area is 111 Å². The van der Waals surface area contributed by atoms with Crippen LogP contribution in [0.5, 0.6) is 5.75 Å². The van der Waals surface area contributed by atoms with Gasteiger partial charge in [-0.1, -0.05) is 5.57 Å². The van der Waals surface area contributed by atoms with Crippen LogP contribution in [0.1, 0.15) is 30.0 Å². The molecule has 0 saturated carbocycles. The fourth-order valence-corrected chi connectivity index (χ4v) is 1.86. The molecule has 0 atom stereocenters. The second-order valence-electron chi connectivity index (χ2n) is 4.57. The van der Waals surface area contributed by atoms with Crippen LogP contribution < -0.4 is 10.5 Å². The number of hydrogen-bond donors (Lipinski definition) is 1. The number of amides is 1. The Balaban J connectivity index is 2.44. The van der Waals surface area contributed by atoms with Crippen molar-refractivity contribution in [3.8, 4) is 5.75 Å². The summed E-state index contributed by atoms with van der Waals surface area (Å²) in [4.78, 5) is 15.8. The average molecular weight is 259 g/mol. The first-order valence-corrected chi connectivity index (χ1v) is 6.04. The molecule has 0 radical (unpaired) electrons.